The quantitative estimate of drug-likeness (QED) is 0.493. The third-order valence-corrected chi connectivity index (χ3v) is 7.11. The van der Waals surface area contributed by atoms with E-state index in [1.807, 2.05) is 43.3 Å². The summed E-state index contributed by atoms with van der Waals surface area (Å²) in [5.41, 5.74) is 2.48. The lowest BCUT2D eigenvalue weighted by Gasteiger charge is -2.05. The van der Waals surface area contributed by atoms with Crippen LogP contribution in [0.4, 0.5) is 5.13 Å². The van der Waals surface area contributed by atoms with Gasteiger partial charge in [-0.2, -0.15) is 0 Å². The Morgan fingerprint density at radius 3 is 2.50 bits per heavy atom. The second kappa shape index (κ2) is 8.00. The van der Waals surface area contributed by atoms with E-state index in [1.165, 1.54) is 11.3 Å². The zero-order valence-electron chi connectivity index (χ0n) is 16.5. The Morgan fingerprint density at radius 2 is 1.80 bits per heavy atom. The molecular formula is C21H20N4O3S2. The van der Waals surface area contributed by atoms with Gasteiger partial charge in [-0.1, -0.05) is 59.4 Å². The molecule has 1 amide bonds. The predicted molar refractivity (Wildman–Crippen MR) is 117 cm³/mol. The molecule has 0 aliphatic carbocycles. The summed E-state index contributed by atoms with van der Waals surface area (Å²) in [6.07, 6.45) is 1.54. The Bertz CT molecular complexity index is 1320. The van der Waals surface area contributed by atoms with Gasteiger partial charge < -0.3 is 4.57 Å². The zero-order valence-corrected chi connectivity index (χ0v) is 18.1. The fraction of sp³-hybridized carbons (Fsp3) is 0.190. The Kier molecular flexibility index (Phi) is 5.40. The fourth-order valence-electron chi connectivity index (χ4n) is 3.23. The lowest BCUT2D eigenvalue weighted by molar-refractivity contribution is -0.116. The van der Waals surface area contributed by atoms with Crippen molar-refractivity contribution in [2.75, 3.05) is 5.32 Å². The summed E-state index contributed by atoms with van der Waals surface area (Å²) in [6.45, 7) is 3.73. The zero-order chi connectivity index (χ0) is 21.3. The van der Waals surface area contributed by atoms with Crippen LogP contribution in [0.5, 0.6) is 0 Å². The van der Waals surface area contributed by atoms with E-state index in [4.69, 9.17) is 0 Å². The molecule has 0 fully saturated rings. The normalized spacial score (nSPS) is 11.7. The van der Waals surface area contributed by atoms with E-state index < -0.39 is 9.84 Å². The minimum absolute atomic E-state index is 0.0286. The number of para-hydroxylation sites is 1. The van der Waals surface area contributed by atoms with Crippen molar-refractivity contribution in [3.63, 3.8) is 0 Å². The Morgan fingerprint density at radius 1 is 1.07 bits per heavy atom. The number of amides is 1. The van der Waals surface area contributed by atoms with Gasteiger partial charge in [0.25, 0.3) is 0 Å². The largest absolute Gasteiger partial charge is 0.337 e. The molecule has 0 saturated heterocycles. The first-order chi connectivity index (χ1) is 14.3. The minimum atomic E-state index is -3.60. The highest BCUT2D eigenvalue weighted by atomic mass is 32.2. The molecule has 4 aromatic rings. The van der Waals surface area contributed by atoms with E-state index in [9.17, 15) is 13.2 Å². The number of hydrogen-bond acceptors (Lipinski definition) is 6. The Hall–Kier alpha value is -3.04. The highest BCUT2D eigenvalue weighted by Gasteiger charge is 2.22. The van der Waals surface area contributed by atoms with Gasteiger partial charge in [0.15, 0.2) is 9.84 Å². The molecule has 7 nitrogen and oxygen atoms in total. The number of aryl methyl sites for hydroxylation is 2. The fourth-order valence-corrected chi connectivity index (χ4v) is 5.42. The van der Waals surface area contributed by atoms with Crippen LogP contribution in [0.15, 0.2) is 59.6 Å². The average molecular weight is 441 g/mol. The molecule has 0 unspecified atom stereocenters. The monoisotopic (exact) mass is 440 g/mol. The third kappa shape index (κ3) is 4.27. The molecule has 154 valence electrons. The topological polar surface area (TPSA) is 94.0 Å². The van der Waals surface area contributed by atoms with E-state index in [1.54, 1.807) is 29.8 Å². The molecule has 0 bridgehead atoms. The first-order valence-corrected chi connectivity index (χ1v) is 11.7. The number of sulfone groups is 1. The number of nitrogens with zero attached hydrogens (tertiary/aromatic N) is 3. The molecule has 0 atom stereocenters. The second-order valence-electron chi connectivity index (χ2n) is 7.06. The molecule has 1 N–H and O–H groups in total. The summed E-state index contributed by atoms with van der Waals surface area (Å²) >= 11 is 1.28. The molecule has 2 aromatic carbocycles. The molecule has 2 heterocycles. The molecule has 4 rings (SSSR count). The number of rotatable bonds is 6. The van der Waals surface area contributed by atoms with Crippen molar-refractivity contribution in [3.05, 3.63) is 70.9 Å². The van der Waals surface area contributed by atoms with Crippen molar-refractivity contribution in [3.8, 4) is 0 Å². The van der Waals surface area contributed by atoms with Crippen LogP contribution in [0.3, 0.4) is 0 Å². The number of fused-ring (bicyclic) bond motifs is 1. The van der Waals surface area contributed by atoms with Gasteiger partial charge in [-0.05, 0) is 25.5 Å². The van der Waals surface area contributed by atoms with Crippen LogP contribution >= 0.6 is 11.3 Å². The number of anilines is 1. The van der Waals surface area contributed by atoms with Crippen molar-refractivity contribution < 1.29 is 13.2 Å². The van der Waals surface area contributed by atoms with E-state index in [0.717, 1.165) is 16.1 Å². The smallest absolute Gasteiger partial charge is 0.246 e. The van der Waals surface area contributed by atoms with E-state index in [2.05, 4.69) is 15.5 Å². The number of hydrogen-bond donors (Lipinski definition) is 1. The molecular weight excluding hydrogens is 420 g/mol. The molecule has 2 aromatic heterocycles. The summed E-state index contributed by atoms with van der Waals surface area (Å²) in [5.74, 6) is -0.397. The van der Waals surface area contributed by atoms with Gasteiger partial charge in [-0.3, -0.25) is 10.1 Å². The molecule has 0 aliphatic heterocycles. The van der Waals surface area contributed by atoms with E-state index in [0.29, 0.717) is 16.0 Å². The van der Waals surface area contributed by atoms with E-state index in [-0.39, 0.29) is 23.1 Å². The number of carbonyl (C=O) groups is 1. The van der Waals surface area contributed by atoms with Crippen LogP contribution in [0, 0.1) is 13.8 Å². The summed E-state index contributed by atoms with van der Waals surface area (Å²) < 4.78 is 28.0. The SMILES string of the molecule is Cc1ccc(CS(=O)(=O)c2cn(CC(=O)Nc3nnc(C)s3)c3ccccc23)cc1. The maximum Gasteiger partial charge on any atom is 0.246 e. The van der Waals surface area contributed by atoms with Crippen molar-refractivity contribution in [2.24, 2.45) is 0 Å². The van der Waals surface area contributed by atoms with Crippen LogP contribution < -0.4 is 5.32 Å². The maximum atomic E-state index is 13.2. The van der Waals surface area contributed by atoms with Crippen molar-refractivity contribution in [1.29, 1.82) is 0 Å². The Labute approximate surface area is 178 Å². The highest BCUT2D eigenvalue weighted by molar-refractivity contribution is 7.90. The van der Waals surface area contributed by atoms with Gasteiger partial charge in [-0.15, -0.1) is 10.2 Å². The van der Waals surface area contributed by atoms with Crippen LogP contribution in [0.2, 0.25) is 0 Å². The molecule has 0 radical (unpaired) electrons. The van der Waals surface area contributed by atoms with Gasteiger partial charge >= 0.3 is 0 Å². The third-order valence-electron chi connectivity index (χ3n) is 4.65. The predicted octanol–water partition coefficient (Wildman–Crippen LogP) is 3.72. The minimum Gasteiger partial charge on any atom is -0.337 e. The molecule has 0 saturated carbocycles. The van der Waals surface area contributed by atoms with Crippen molar-refractivity contribution in [1.82, 2.24) is 14.8 Å². The van der Waals surface area contributed by atoms with Crippen LogP contribution in [0.1, 0.15) is 16.1 Å². The number of carbonyl (C=O) groups excluding carboxylic acids is 1. The summed E-state index contributed by atoms with van der Waals surface area (Å²) in [6, 6.07) is 14.6. The average Bonchev–Trinajstić information content (AvgIpc) is 3.27. The van der Waals surface area contributed by atoms with Crippen molar-refractivity contribution in [2.45, 2.75) is 31.0 Å². The van der Waals surface area contributed by atoms with Crippen LogP contribution in [-0.4, -0.2) is 29.1 Å². The summed E-state index contributed by atoms with van der Waals surface area (Å²) in [7, 11) is -3.60. The van der Waals surface area contributed by atoms with E-state index >= 15 is 0 Å². The van der Waals surface area contributed by atoms with Gasteiger partial charge in [-0.25, -0.2) is 8.42 Å². The standard InChI is InChI=1S/C21H20N4O3S2/c1-14-7-9-16(10-8-14)13-30(27,28)19-11-25(18-6-4-3-5-17(18)19)12-20(26)22-21-24-23-15(2)29-21/h3-11H,12-13H2,1-2H3,(H,22,24,26). The summed E-state index contributed by atoms with van der Waals surface area (Å²) in [4.78, 5) is 12.7. The van der Waals surface area contributed by atoms with Crippen molar-refractivity contribution >= 4 is 43.1 Å². The second-order valence-corrected chi connectivity index (χ2v) is 10.2. The first-order valence-electron chi connectivity index (χ1n) is 9.28. The van der Waals surface area contributed by atoms with Gasteiger partial charge in [0.2, 0.25) is 11.0 Å². The number of benzene rings is 2. The lowest BCUT2D eigenvalue weighted by Crippen LogP contribution is -2.18. The molecule has 0 aliphatic rings. The first kappa shape index (κ1) is 20.2. The van der Waals surface area contributed by atoms with Gasteiger partial charge in [0.1, 0.15) is 11.6 Å². The highest BCUT2D eigenvalue weighted by Crippen LogP contribution is 2.28. The van der Waals surface area contributed by atoms with Crippen LogP contribution in [0.25, 0.3) is 10.9 Å². The lowest BCUT2D eigenvalue weighted by atomic mass is 10.2. The molecule has 30 heavy (non-hydrogen) atoms. The van der Waals surface area contributed by atoms with Gasteiger partial charge in [0.05, 0.1) is 10.6 Å². The molecule has 0 spiro atoms. The number of aromatic nitrogens is 3. The van der Waals surface area contributed by atoms with Crippen LogP contribution in [-0.2, 0) is 26.9 Å². The van der Waals surface area contributed by atoms with Gasteiger partial charge in [0, 0.05) is 17.1 Å². The number of nitrogens with one attached hydrogen (secondary N) is 1. The molecule has 9 heteroatoms. The maximum absolute atomic E-state index is 13.2. The Balaban J connectivity index is 1.64. The summed E-state index contributed by atoms with van der Waals surface area (Å²) in [5, 5.41) is 12.2.